The summed E-state index contributed by atoms with van der Waals surface area (Å²) in [5, 5.41) is 18.5. The lowest BCUT2D eigenvalue weighted by molar-refractivity contribution is -0.183. The van der Waals surface area contributed by atoms with E-state index in [9.17, 15) is 14.7 Å². The van der Waals surface area contributed by atoms with Crippen LogP contribution in [-0.2, 0) is 20.9 Å². The monoisotopic (exact) mass is 309 g/mol. The molecule has 1 unspecified atom stereocenters. The summed E-state index contributed by atoms with van der Waals surface area (Å²) in [6, 6.07) is 7.23. The Morgan fingerprint density at radius 1 is 1.45 bits per heavy atom. The Hall–Kier alpha value is -2.12. The van der Waals surface area contributed by atoms with Gasteiger partial charge in [0, 0.05) is 13.1 Å². The van der Waals surface area contributed by atoms with Gasteiger partial charge in [-0.2, -0.15) is 0 Å². The number of hydrogen-bond acceptors (Lipinski definition) is 5. The molecule has 7 heteroatoms. The second kappa shape index (κ2) is 6.76. The van der Waals surface area contributed by atoms with E-state index < -0.39 is 24.1 Å². The molecule has 1 aliphatic heterocycles. The SMILES string of the molecule is COc1ccc(CN2C[C@@H](C)O[C@H](C(O)C(=O)O)C2=O)cc1. The molecule has 2 N–H and O–H groups in total. The van der Waals surface area contributed by atoms with E-state index in [1.165, 1.54) is 4.90 Å². The van der Waals surface area contributed by atoms with Crippen LogP contribution in [0.2, 0.25) is 0 Å². The van der Waals surface area contributed by atoms with Crippen molar-refractivity contribution in [2.24, 2.45) is 0 Å². The number of hydrogen-bond donors (Lipinski definition) is 2. The maximum absolute atomic E-state index is 12.3. The standard InChI is InChI=1S/C15H19NO6/c1-9-7-16(8-10-3-5-11(21-2)6-4-10)14(18)13(22-9)12(17)15(19)20/h3-6,9,12-13,17H,7-8H2,1-2H3,(H,19,20)/t9-,12?,13-/m1/s1. The molecule has 3 atom stereocenters. The van der Waals surface area contributed by atoms with Crippen molar-refractivity contribution in [3.05, 3.63) is 29.8 Å². The summed E-state index contributed by atoms with van der Waals surface area (Å²) in [6.45, 7) is 2.39. The molecule has 0 aliphatic carbocycles. The Morgan fingerprint density at radius 2 is 2.09 bits per heavy atom. The maximum atomic E-state index is 12.3. The number of amides is 1. The fourth-order valence-corrected chi connectivity index (χ4v) is 2.36. The number of carbonyl (C=O) groups is 2. The first-order chi connectivity index (χ1) is 10.4. The minimum atomic E-state index is -1.87. The van der Waals surface area contributed by atoms with Crippen LogP contribution in [-0.4, -0.2) is 59.0 Å². The van der Waals surface area contributed by atoms with Crippen LogP contribution in [0.1, 0.15) is 12.5 Å². The van der Waals surface area contributed by atoms with Gasteiger partial charge in [0.25, 0.3) is 5.91 Å². The smallest absolute Gasteiger partial charge is 0.335 e. The molecular weight excluding hydrogens is 290 g/mol. The minimum Gasteiger partial charge on any atom is -0.497 e. The zero-order chi connectivity index (χ0) is 16.3. The lowest BCUT2D eigenvalue weighted by Gasteiger charge is -2.37. The zero-order valence-electron chi connectivity index (χ0n) is 12.4. The quantitative estimate of drug-likeness (QED) is 0.810. The van der Waals surface area contributed by atoms with Crippen molar-refractivity contribution in [2.75, 3.05) is 13.7 Å². The predicted octanol–water partition coefficient (Wildman–Crippen LogP) is 0.257. The summed E-state index contributed by atoms with van der Waals surface area (Å²) in [4.78, 5) is 24.7. The van der Waals surface area contributed by atoms with Crippen LogP contribution in [0.5, 0.6) is 5.75 Å². The minimum absolute atomic E-state index is 0.319. The third-order valence-electron chi connectivity index (χ3n) is 3.48. The van der Waals surface area contributed by atoms with Crippen LogP contribution < -0.4 is 4.74 Å². The molecule has 2 rings (SSSR count). The lowest BCUT2D eigenvalue weighted by Crippen LogP contribution is -2.56. The fraction of sp³-hybridized carbons (Fsp3) is 0.467. The highest BCUT2D eigenvalue weighted by Gasteiger charge is 2.41. The molecule has 1 aliphatic rings. The van der Waals surface area contributed by atoms with Gasteiger partial charge in [-0.05, 0) is 24.6 Å². The number of ether oxygens (including phenoxy) is 2. The van der Waals surface area contributed by atoms with Gasteiger partial charge in [-0.25, -0.2) is 4.79 Å². The molecule has 7 nitrogen and oxygen atoms in total. The van der Waals surface area contributed by atoms with Gasteiger partial charge in [-0.15, -0.1) is 0 Å². The number of aliphatic hydroxyl groups is 1. The van der Waals surface area contributed by atoms with E-state index in [0.717, 1.165) is 5.56 Å². The highest BCUT2D eigenvalue weighted by Crippen LogP contribution is 2.19. The van der Waals surface area contributed by atoms with Crippen molar-refractivity contribution in [2.45, 2.75) is 31.8 Å². The normalized spacial score (nSPS) is 23.2. The highest BCUT2D eigenvalue weighted by molar-refractivity contribution is 5.88. The maximum Gasteiger partial charge on any atom is 0.335 e. The van der Waals surface area contributed by atoms with Crippen molar-refractivity contribution in [1.29, 1.82) is 0 Å². The van der Waals surface area contributed by atoms with Crippen LogP contribution in [0.25, 0.3) is 0 Å². The Kier molecular flexibility index (Phi) is 4.99. The first-order valence-electron chi connectivity index (χ1n) is 6.90. The van der Waals surface area contributed by atoms with Crippen molar-refractivity contribution >= 4 is 11.9 Å². The number of carbonyl (C=O) groups excluding carboxylic acids is 1. The van der Waals surface area contributed by atoms with Gasteiger partial charge in [-0.1, -0.05) is 12.1 Å². The van der Waals surface area contributed by atoms with E-state index in [1.54, 1.807) is 26.2 Å². The summed E-state index contributed by atoms with van der Waals surface area (Å²) >= 11 is 0. The van der Waals surface area contributed by atoms with Crippen LogP contribution >= 0.6 is 0 Å². The fourth-order valence-electron chi connectivity index (χ4n) is 2.36. The molecule has 1 saturated heterocycles. The molecule has 1 amide bonds. The Labute approximate surface area is 128 Å². The van der Waals surface area contributed by atoms with Gasteiger partial charge < -0.3 is 24.6 Å². The number of nitrogens with zero attached hydrogens (tertiary/aromatic N) is 1. The van der Waals surface area contributed by atoms with E-state index in [4.69, 9.17) is 14.6 Å². The van der Waals surface area contributed by atoms with Crippen molar-refractivity contribution in [3.8, 4) is 5.75 Å². The molecular formula is C15H19NO6. The van der Waals surface area contributed by atoms with Gasteiger partial charge in [-0.3, -0.25) is 4.79 Å². The first kappa shape index (κ1) is 16.3. The van der Waals surface area contributed by atoms with Crippen LogP contribution in [0.4, 0.5) is 0 Å². The van der Waals surface area contributed by atoms with E-state index in [1.807, 2.05) is 12.1 Å². The predicted molar refractivity (Wildman–Crippen MR) is 76.4 cm³/mol. The first-order valence-corrected chi connectivity index (χ1v) is 6.90. The van der Waals surface area contributed by atoms with Crippen molar-refractivity contribution < 1.29 is 29.3 Å². The number of morpholine rings is 1. The number of methoxy groups -OCH3 is 1. The summed E-state index contributed by atoms with van der Waals surface area (Å²) < 4.78 is 10.4. The van der Waals surface area contributed by atoms with E-state index >= 15 is 0 Å². The lowest BCUT2D eigenvalue weighted by atomic mass is 10.1. The second-order valence-corrected chi connectivity index (χ2v) is 5.22. The van der Waals surface area contributed by atoms with Crippen LogP contribution in [0.3, 0.4) is 0 Å². The second-order valence-electron chi connectivity index (χ2n) is 5.22. The number of carboxylic acids is 1. The van der Waals surface area contributed by atoms with Gasteiger partial charge in [0.2, 0.25) is 0 Å². The molecule has 0 spiro atoms. The van der Waals surface area contributed by atoms with E-state index in [0.29, 0.717) is 18.8 Å². The molecule has 0 saturated carbocycles. The van der Waals surface area contributed by atoms with Crippen molar-refractivity contribution in [3.63, 3.8) is 0 Å². The zero-order valence-corrected chi connectivity index (χ0v) is 12.4. The van der Waals surface area contributed by atoms with Gasteiger partial charge in [0.05, 0.1) is 13.2 Å². The van der Waals surface area contributed by atoms with Gasteiger partial charge in [0.15, 0.2) is 12.2 Å². The summed E-state index contributed by atoms with van der Waals surface area (Å²) in [5.74, 6) is -1.29. The molecule has 0 bridgehead atoms. The molecule has 1 heterocycles. The van der Waals surface area contributed by atoms with E-state index in [-0.39, 0.29) is 6.10 Å². The van der Waals surface area contributed by atoms with Crippen LogP contribution in [0.15, 0.2) is 24.3 Å². The Morgan fingerprint density at radius 3 is 2.64 bits per heavy atom. The molecule has 120 valence electrons. The number of aliphatic hydroxyl groups excluding tert-OH is 1. The van der Waals surface area contributed by atoms with Crippen LogP contribution in [0, 0.1) is 0 Å². The Bertz CT molecular complexity index is 543. The molecule has 22 heavy (non-hydrogen) atoms. The number of benzene rings is 1. The van der Waals surface area contributed by atoms with Gasteiger partial charge >= 0.3 is 5.97 Å². The average molecular weight is 309 g/mol. The topological polar surface area (TPSA) is 96.3 Å². The molecule has 0 radical (unpaired) electrons. The number of carboxylic acid groups (broad SMARTS) is 1. The summed E-state index contributed by atoms with van der Waals surface area (Å²) in [6.07, 6.45) is -3.59. The molecule has 0 aromatic heterocycles. The van der Waals surface area contributed by atoms with Gasteiger partial charge in [0.1, 0.15) is 5.75 Å². The van der Waals surface area contributed by atoms with Crippen molar-refractivity contribution in [1.82, 2.24) is 4.90 Å². The highest BCUT2D eigenvalue weighted by atomic mass is 16.5. The third-order valence-corrected chi connectivity index (χ3v) is 3.48. The van der Waals surface area contributed by atoms with E-state index in [2.05, 4.69) is 0 Å². The summed E-state index contributed by atoms with van der Waals surface area (Å²) in [5.41, 5.74) is 0.881. The summed E-state index contributed by atoms with van der Waals surface area (Å²) in [7, 11) is 1.57. The number of rotatable bonds is 5. The molecule has 1 aromatic carbocycles. The number of aliphatic carboxylic acids is 1. The average Bonchev–Trinajstić information content (AvgIpc) is 2.50. The third kappa shape index (κ3) is 3.55. The molecule has 1 aromatic rings. The largest absolute Gasteiger partial charge is 0.497 e. The molecule has 1 fully saturated rings. The Balaban J connectivity index is 2.11.